The number of fused-ring (bicyclic) bond motifs is 1. The highest BCUT2D eigenvalue weighted by Crippen LogP contribution is 2.39. The van der Waals surface area contributed by atoms with Gasteiger partial charge in [0, 0.05) is 11.9 Å². The van der Waals surface area contributed by atoms with Crippen LogP contribution in [0.3, 0.4) is 0 Å². The van der Waals surface area contributed by atoms with Crippen molar-refractivity contribution in [1.82, 2.24) is 0 Å². The second-order valence-corrected chi connectivity index (χ2v) is 4.59. The monoisotopic (exact) mass is 237 g/mol. The zero-order chi connectivity index (χ0) is 11.7. The van der Waals surface area contributed by atoms with E-state index in [-0.39, 0.29) is 5.91 Å². The Morgan fingerprint density at radius 2 is 2.25 bits per heavy atom. The lowest BCUT2D eigenvalue weighted by molar-refractivity contribution is -0.121. The van der Waals surface area contributed by atoms with Gasteiger partial charge in [-0.3, -0.25) is 4.79 Å². The number of methoxy groups -OCH3 is 1. The predicted octanol–water partition coefficient (Wildman–Crippen LogP) is 1.33. The Morgan fingerprint density at radius 3 is 2.88 bits per heavy atom. The maximum Gasteiger partial charge on any atom is 0.247 e. The maximum absolute atomic E-state index is 11.7. The number of carbonyl (C=O) groups excluding carboxylic acids is 2. The molecule has 0 saturated heterocycles. The van der Waals surface area contributed by atoms with Gasteiger partial charge in [0.2, 0.25) is 5.91 Å². The number of ether oxygens (including phenoxy) is 1. The summed E-state index contributed by atoms with van der Waals surface area (Å²) in [6, 6.07) is 5.45. The van der Waals surface area contributed by atoms with Crippen molar-refractivity contribution in [3.8, 4) is 5.75 Å². The molecule has 0 aliphatic carbocycles. The van der Waals surface area contributed by atoms with E-state index < -0.39 is 5.25 Å². The zero-order valence-electron chi connectivity index (χ0n) is 8.97. The Kier molecular flexibility index (Phi) is 2.87. The van der Waals surface area contributed by atoms with E-state index in [2.05, 4.69) is 0 Å². The maximum atomic E-state index is 11.7. The smallest absolute Gasteiger partial charge is 0.247 e. The highest BCUT2D eigenvalue weighted by molar-refractivity contribution is 8.01. The van der Waals surface area contributed by atoms with Gasteiger partial charge in [-0.05, 0) is 18.2 Å². The van der Waals surface area contributed by atoms with Crippen molar-refractivity contribution in [1.29, 1.82) is 0 Å². The Bertz CT molecular complexity index is 447. The standard InChI is InChI=1S/C11H11NO3S/c1-12-8-4-3-7(15-2)5-9(8)16-10(6-13)11(12)14/h3-6,10H,1-2H3. The number of thioether (sulfide) groups is 1. The van der Waals surface area contributed by atoms with Crippen LogP contribution in [0.1, 0.15) is 0 Å². The third-order valence-electron chi connectivity index (χ3n) is 2.48. The highest BCUT2D eigenvalue weighted by Gasteiger charge is 2.31. The molecule has 0 spiro atoms. The second-order valence-electron chi connectivity index (χ2n) is 3.41. The van der Waals surface area contributed by atoms with Gasteiger partial charge in [-0.25, -0.2) is 0 Å². The van der Waals surface area contributed by atoms with Crippen LogP contribution < -0.4 is 9.64 Å². The van der Waals surface area contributed by atoms with Crippen molar-refractivity contribution in [2.75, 3.05) is 19.1 Å². The van der Waals surface area contributed by atoms with Crippen LogP contribution >= 0.6 is 11.8 Å². The summed E-state index contributed by atoms with van der Waals surface area (Å²) < 4.78 is 5.11. The number of carbonyl (C=O) groups is 2. The molecule has 1 atom stereocenters. The zero-order valence-corrected chi connectivity index (χ0v) is 9.78. The molecule has 4 nitrogen and oxygen atoms in total. The molecule has 16 heavy (non-hydrogen) atoms. The summed E-state index contributed by atoms with van der Waals surface area (Å²) in [6.45, 7) is 0. The van der Waals surface area contributed by atoms with E-state index in [4.69, 9.17) is 4.74 Å². The molecule has 1 unspecified atom stereocenters. The third kappa shape index (κ3) is 1.67. The summed E-state index contributed by atoms with van der Waals surface area (Å²) in [5, 5.41) is -0.649. The number of hydrogen-bond donors (Lipinski definition) is 0. The lowest BCUT2D eigenvalue weighted by Crippen LogP contribution is -2.38. The lowest BCUT2D eigenvalue weighted by atomic mass is 10.2. The van der Waals surface area contributed by atoms with E-state index in [0.29, 0.717) is 6.29 Å². The van der Waals surface area contributed by atoms with Gasteiger partial charge in [0.25, 0.3) is 0 Å². The van der Waals surface area contributed by atoms with Gasteiger partial charge in [0.15, 0.2) is 0 Å². The fraction of sp³-hybridized carbons (Fsp3) is 0.273. The summed E-state index contributed by atoms with van der Waals surface area (Å²) >= 11 is 1.26. The fourth-order valence-corrected chi connectivity index (χ4v) is 2.67. The van der Waals surface area contributed by atoms with E-state index in [9.17, 15) is 9.59 Å². The number of aldehydes is 1. The second kappa shape index (κ2) is 4.17. The largest absolute Gasteiger partial charge is 0.497 e. The molecule has 0 radical (unpaired) electrons. The molecule has 0 aromatic heterocycles. The molecule has 84 valence electrons. The molecule has 1 aromatic rings. The number of anilines is 1. The minimum Gasteiger partial charge on any atom is -0.497 e. The van der Waals surface area contributed by atoms with Crippen LogP contribution in [-0.2, 0) is 9.59 Å². The van der Waals surface area contributed by atoms with Crippen LogP contribution in [0, 0.1) is 0 Å². The van der Waals surface area contributed by atoms with E-state index >= 15 is 0 Å². The van der Waals surface area contributed by atoms with Gasteiger partial charge in [0.1, 0.15) is 17.3 Å². The molecule has 1 heterocycles. The molecule has 1 amide bonds. The van der Waals surface area contributed by atoms with Crippen molar-refractivity contribution in [2.24, 2.45) is 0 Å². The molecule has 2 rings (SSSR count). The first kappa shape index (κ1) is 11.0. The average Bonchev–Trinajstić information content (AvgIpc) is 2.33. The summed E-state index contributed by atoms with van der Waals surface area (Å²) in [5.41, 5.74) is 0.814. The van der Waals surface area contributed by atoms with E-state index in [1.165, 1.54) is 16.7 Å². The molecular weight excluding hydrogens is 226 g/mol. The van der Waals surface area contributed by atoms with Crippen molar-refractivity contribution < 1.29 is 14.3 Å². The van der Waals surface area contributed by atoms with Crippen molar-refractivity contribution in [2.45, 2.75) is 10.1 Å². The first-order valence-electron chi connectivity index (χ1n) is 4.75. The first-order chi connectivity index (χ1) is 7.67. The number of amides is 1. The Balaban J connectivity index is 2.45. The van der Waals surface area contributed by atoms with Crippen LogP contribution in [0.5, 0.6) is 5.75 Å². The van der Waals surface area contributed by atoms with Crippen LogP contribution in [0.2, 0.25) is 0 Å². The Hall–Kier alpha value is -1.49. The summed E-state index contributed by atoms with van der Waals surface area (Å²) in [7, 11) is 3.26. The molecule has 1 aliphatic heterocycles. The molecule has 1 aromatic carbocycles. The van der Waals surface area contributed by atoms with Gasteiger partial charge in [-0.2, -0.15) is 0 Å². The van der Waals surface area contributed by atoms with E-state index in [1.54, 1.807) is 20.2 Å². The van der Waals surface area contributed by atoms with Gasteiger partial charge >= 0.3 is 0 Å². The predicted molar refractivity (Wildman–Crippen MR) is 62.1 cm³/mol. The molecule has 5 heteroatoms. The van der Waals surface area contributed by atoms with Gasteiger partial charge in [0.05, 0.1) is 12.8 Å². The molecule has 0 bridgehead atoms. The van der Waals surface area contributed by atoms with Crippen molar-refractivity contribution in [3.05, 3.63) is 18.2 Å². The average molecular weight is 237 g/mol. The number of hydrogen-bond acceptors (Lipinski definition) is 4. The molecule has 0 saturated carbocycles. The van der Waals surface area contributed by atoms with Crippen LogP contribution in [0.4, 0.5) is 5.69 Å². The first-order valence-corrected chi connectivity index (χ1v) is 5.63. The molecule has 0 fully saturated rings. The Labute approximate surface area is 97.6 Å². The third-order valence-corrected chi connectivity index (χ3v) is 3.63. The van der Waals surface area contributed by atoms with Crippen molar-refractivity contribution >= 4 is 29.6 Å². The Morgan fingerprint density at radius 1 is 1.50 bits per heavy atom. The quantitative estimate of drug-likeness (QED) is 0.575. The molecule has 0 N–H and O–H groups in total. The summed E-state index contributed by atoms with van der Waals surface area (Å²) in [4.78, 5) is 24.9. The summed E-state index contributed by atoms with van der Waals surface area (Å²) in [6.07, 6.45) is 0.673. The van der Waals surface area contributed by atoms with Crippen LogP contribution in [0.15, 0.2) is 23.1 Å². The highest BCUT2D eigenvalue weighted by atomic mass is 32.2. The van der Waals surface area contributed by atoms with Gasteiger partial charge < -0.3 is 14.4 Å². The summed E-state index contributed by atoms with van der Waals surface area (Å²) in [5.74, 6) is 0.538. The van der Waals surface area contributed by atoms with Gasteiger partial charge in [-0.1, -0.05) is 0 Å². The van der Waals surface area contributed by atoms with Crippen molar-refractivity contribution in [3.63, 3.8) is 0 Å². The normalized spacial score (nSPS) is 19.2. The van der Waals surface area contributed by atoms with Gasteiger partial charge in [-0.15, -0.1) is 11.8 Å². The van der Waals surface area contributed by atoms with Crippen LogP contribution in [0.25, 0.3) is 0 Å². The number of rotatable bonds is 2. The van der Waals surface area contributed by atoms with E-state index in [1.807, 2.05) is 12.1 Å². The minimum atomic E-state index is -0.649. The van der Waals surface area contributed by atoms with E-state index in [0.717, 1.165) is 16.3 Å². The number of nitrogens with zero attached hydrogens (tertiary/aromatic N) is 1. The fourth-order valence-electron chi connectivity index (χ4n) is 1.58. The molecule has 1 aliphatic rings. The SMILES string of the molecule is COc1ccc2c(c1)SC(C=O)C(=O)N2C. The molecular formula is C11H11NO3S. The van der Waals surface area contributed by atoms with Crippen LogP contribution in [-0.4, -0.2) is 31.6 Å². The lowest BCUT2D eigenvalue weighted by Gasteiger charge is -2.28. The topological polar surface area (TPSA) is 46.6 Å². The number of benzene rings is 1. The minimum absolute atomic E-state index is 0.183.